The Morgan fingerprint density at radius 2 is 2.00 bits per heavy atom. The van der Waals surface area contributed by atoms with Crippen molar-refractivity contribution < 1.29 is 22.7 Å². The average Bonchev–Trinajstić information content (AvgIpc) is 3.35. The first-order valence-electron chi connectivity index (χ1n) is 8.43. The summed E-state index contributed by atoms with van der Waals surface area (Å²) in [5.74, 6) is 1.26. The molecule has 9 heteroatoms. The Labute approximate surface area is 156 Å². The van der Waals surface area contributed by atoms with Crippen molar-refractivity contribution in [2.24, 2.45) is 10.9 Å². The van der Waals surface area contributed by atoms with Crippen molar-refractivity contribution >= 4 is 38.4 Å². The number of methoxy groups -OCH3 is 2. The Morgan fingerprint density at radius 1 is 1.23 bits per heavy atom. The zero-order valence-corrected chi connectivity index (χ0v) is 16.2. The first kappa shape index (κ1) is 17.7. The molecule has 2 aliphatic heterocycles. The van der Waals surface area contributed by atoms with Gasteiger partial charge in [0.2, 0.25) is 0 Å². The fourth-order valence-electron chi connectivity index (χ4n) is 3.35. The molecule has 26 heavy (non-hydrogen) atoms. The monoisotopic (exact) mass is 396 g/mol. The van der Waals surface area contributed by atoms with E-state index in [-0.39, 0.29) is 34.6 Å². The minimum absolute atomic E-state index is 0.0203. The van der Waals surface area contributed by atoms with E-state index >= 15 is 0 Å². The molecule has 3 fully saturated rings. The highest BCUT2D eigenvalue weighted by Crippen LogP contribution is 2.45. The van der Waals surface area contributed by atoms with Crippen LogP contribution in [0.1, 0.15) is 12.8 Å². The number of sulfone groups is 1. The molecule has 0 aromatic heterocycles. The minimum atomic E-state index is -3.10. The van der Waals surface area contributed by atoms with Crippen molar-refractivity contribution in [2.45, 2.75) is 24.1 Å². The van der Waals surface area contributed by atoms with Gasteiger partial charge in [0.15, 0.2) is 15.0 Å². The molecule has 0 N–H and O–H groups in total. The summed E-state index contributed by atoms with van der Waals surface area (Å²) in [6.07, 6.45) is 1.76. The second-order valence-corrected chi connectivity index (χ2v) is 10.1. The Kier molecular flexibility index (Phi) is 4.38. The van der Waals surface area contributed by atoms with Gasteiger partial charge >= 0.3 is 0 Å². The molecule has 0 spiro atoms. The van der Waals surface area contributed by atoms with E-state index in [2.05, 4.69) is 4.99 Å². The van der Waals surface area contributed by atoms with E-state index in [9.17, 15) is 13.2 Å². The molecule has 1 saturated carbocycles. The standard InChI is InChI=1S/C17H20N2O5S2/c1-23-11-5-6-12(14(7-11)24-2)19-13-8-26(21,22)9-15(13)25-17(19)18-16(20)10-3-4-10/h5-7,10,13,15H,3-4,8-9H2,1-2H3/t13-,15-/m0/s1. The summed E-state index contributed by atoms with van der Waals surface area (Å²) in [5.41, 5.74) is 0.702. The molecule has 1 aliphatic carbocycles. The van der Waals surface area contributed by atoms with Crippen LogP contribution in [0.3, 0.4) is 0 Å². The van der Waals surface area contributed by atoms with Crippen molar-refractivity contribution in [3.8, 4) is 11.5 Å². The topological polar surface area (TPSA) is 85.3 Å². The molecule has 0 radical (unpaired) electrons. The van der Waals surface area contributed by atoms with Gasteiger partial charge in [-0.05, 0) is 25.0 Å². The van der Waals surface area contributed by atoms with Crippen LogP contribution >= 0.6 is 11.8 Å². The van der Waals surface area contributed by atoms with Crippen LogP contribution in [0.25, 0.3) is 0 Å². The predicted molar refractivity (Wildman–Crippen MR) is 101 cm³/mol. The van der Waals surface area contributed by atoms with E-state index < -0.39 is 9.84 Å². The van der Waals surface area contributed by atoms with Gasteiger partial charge in [-0.15, -0.1) is 0 Å². The first-order valence-corrected chi connectivity index (χ1v) is 11.1. The van der Waals surface area contributed by atoms with Crippen LogP contribution in [0, 0.1) is 5.92 Å². The number of carbonyl (C=O) groups excluding carboxylic acids is 1. The maximum absolute atomic E-state index is 12.2. The molecule has 2 saturated heterocycles. The SMILES string of the molecule is COc1ccc(N2C(=NC(=O)C3CC3)S[C@H]3CS(=O)(=O)C[C@@H]32)c(OC)c1. The van der Waals surface area contributed by atoms with Crippen molar-refractivity contribution in [1.82, 2.24) is 0 Å². The van der Waals surface area contributed by atoms with Gasteiger partial charge in [-0.3, -0.25) is 4.79 Å². The van der Waals surface area contributed by atoms with Crippen LogP contribution in [0.2, 0.25) is 0 Å². The Balaban J connectivity index is 1.76. The molecule has 0 unspecified atom stereocenters. The number of nitrogens with zero attached hydrogens (tertiary/aromatic N) is 2. The summed E-state index contributed by atoms with van der Waals surface area (Å²) < 4.78 is 35.0. The zero-order chi connectivity index (χ0) is 18.5. The smallest absolute Gasteiger partial charge is 0.251 e. The first-order chi connectivity index (χ1) is 12.4. The third kappa shape index (κ3) is 3.18. The van der Waals surface area contributed by atoms with Gasteiger partial charge in [0.05, 0.1) is 37.5 Å². The summed E-state index contributed by atoms with van der Waals surface area (Å²) >= 11 is 1.38. The van der Waals surface area contributed by atoms with Crippen LogP contribution in [-0.2, 0) is 14.6 Å². The van der Waals surface area contributed by atoms with Crippen molar-refractivity contribution in [3.05, 3.63) is 18.2 Å². The Morgan fingerprint density at radius 3 is 2.65 bits per heavy atom. The van der Waals surface area contributed by atoms with Crippen molar-refractivity contribution in [3.63, 3.8) is 0 Å². The maximum Gasteiger partial charge on any atom is 0.251 e. The van der Waals surface area contributed by atoms with E-state index in [1.54, 1.807) is 26.4 Å². The lowest BCUT2D eigenvalue weighted by molar-refractivity contribution is -0.118. The molecule has 1 amide bonds. The number of rotatable bonds is 4. The molecule has 2 heterocycles. The largest absolute Gasteiger partial charge is 0.497 e. The van der Waals surface area contributed by atoms with Crippen molar-refractivity contribution in [1.29, 1.82) is 0 Å². The van der Waals surface area contributed by atoms with Gasteiger partial charge in [-0.25, -0.2) is 8.42 Å². The second-order valence-electron chi connectivity index (χ2n) is 6.72. The minimum Gasteiger partial charge on any atom is -0.497 e. The molecule has 4 rings (SSSR count). The van der Waals surface area contributed by atoms with Gasteiger partial charge < -0.3 is 14.4 Å². The lowest BCUT2D eigenvalue weighted by Crippen LogP contribution is -2.38. The van der Waals surface area contributed by atoms with Crippen LogP contribution in [-0.4, -0.2) is 56.5 Å². The number of hydrogen-bond acceptors (Lipinski definition) is 6. The van der Waals surface area contributed by atoms with E-state index in [0.29, 0.717) is 22.4 Å². The maximum atomic E-state index is 12.2. The van der Waals surface area contributed by atoms with E-state index in [1.165, 1.54) is 11.8 Å². The molecule has 1 aromatic carbocycles. The number of ether oxygens (including phenoxy) is 2. The molecular formula is C17H20N2O5S2. The fraction of sp³-hybridized carbons (Fsp3) is 0.529. The molecule has 2 atom stereocenters. The summed E-state index contributed by atoms with van der Waals surface area (Å²) in [5, 5.41) is 0.438. The van der Waals surface area contributed by atoms with Crippen LogP contribution in [0.15, 0.2) is 23.2 Å². The zero-order valence-electron chi connectivity index (χ0n) is 14.5. The summed E-state index contributed by atoms with van der Waals surface area (Å²) in [6, 6.07) is 5.11. The third-order valence-electron chi connectivity index (χ3n) is 4.85. The molecule has 0 bridgehead atoms. The van der Waals surface area contributed by atoms with Crippen LogP contribution in [0.5, 0.6) is 11.5 Å². The highest BCUT2D eigenvalue weighted by atomic mass is 32.2. The Bertz CT molecular complexity index is 879. The lowest BCUT2D eigenvalue weighted by Gasteiger charge is -2.26. The van der Waals surface area contributed by atoms with E-state index in [4.69, 9.17) is 9.47 Å². The fourth-order valence-corrected chi connectivity index (χ4v) is 7.26. The number of amidine groups is 1. The molecular weight excluding hydrogens is 376 g/mol. The van der Waals surface area contributed by atoms with E-state index in [0.717, 1.165) is 12.8 Å². The van der Waals surface area contributed by atoms with Gasteiger partial charge in [-0.1, -0.05) is 11.8 Å². The summed E-state index contributed by atoms with van der Waals surface area (Å²) in [7, 11) is 0.0198. The predicted octanol–water partition coefficient (Wildman–Crippen LogP) is 1.72. The van der Waals surface area contributed by atoms with Crippen LogP contribution < -0.4 is 14.4 Å². The molecule has 7 nitrogen and oxygen atoms in total. The normalized spacial score (nSPS) is 28.2. The number of aliphatic imine (C=N–C) groups is 1. The van der Waals surface area contributed by atoms with Gasteiger partial charge in [0.25, 0.3) is 5.91 Å². The average molecular weight is 396 g/mol. The van der Waals surface area contributed by atoms with Gasteiger partial charge in [0.1, 0.15) is 11.5 Å². The van der Waals surface area contributed by atoms with Gasteiger partial charge in [-0.2, -0.15) is 4.99 Å². The summed E-state index contributed by atoms with van der Waals surface area (Å²) in [6.45, 7) is 0. The number of thioether (sulfide) groups is 1. The highest BCUT2D eigenvalue weighted by Gasteiger charge is 2.50. The highest BCUT2D eigenvalue weighted by molar-refractivity contribution is 8.16. The molecule has 3 aliphatic rings. The number of amides is 1. The second kappa shape index (κ2) is 6.45. The van der Waals surface area contributed by atoms with Gasteiger partial charge in [0, 0.05) is 17.2 Å². The molecule has 1 aromatic rings. The number of anilines is 1. The third-order valence-corrected chi connectivity index (χ3v) is 8.06. The lowest BCUT2D eigenvalue weighted by atomic mass is 10.2. The number of carbonyl (C=O) groups is 1. The van der Waals surface area contributed by atoms with Crippen molar-refractivity contribution in [2.75, 3.05) is 30.6 Å². The Hall–Kier alpha value is -1.74. The number of hydrogen-bond donors (Lipinski definition) is 0. The molecule has 140 valence electrons. The van der Waals surface area contributed by atoms with Crippen LogP contribution in [0.4, 0.5) is 5.69 Å². The number of fused-ring (bicyclic) bond motifs is 1. The number of benzene rings is 1. The quantitative estimate of drug-likeness (QED) is 0.766. The summed E-state index contributed by atoms with van der Waals surface area (Å²) in [4.78, 5) is 18.4. The van der Waals surface area contributed by atoms with E-state index in [1.807, 2.05) is 11.0 Å².